The number of rotatable bonds is 6. The van der Waals surface area contributed by atoms with Gasteiger partial charge < -0.3 is 20.2 Å². The zero-order valence-corrected chi connectivity index (χ0v) is 23.0. The molecule has 1 aliphatic rings. The van der Waals surface area contributed by atoms with Crippen molar-refractivity contribution < 1.29 is 9.90 Å². The Morgan fingerprint density at radius 2 is 1.85 bits per heavy atom. The molecule has 0 aliphatic carbocycles. The van der Waals surface area contributed by atoms with Gasteiger partial charge in [-0.05, 0) is 68.8 Å². The number of nitriles is 2. The van der Waals surface area contributed by atoms with Gasteiger partial charge in [0.2, 0.25) is 0 Å². The van der Waals surface area contributed by atoms with Crippen LogP contribution in [0.25, 0.3) is 5.65 Å². The number of pyridine rings is 1. The lowest BCUT2D eigenvalue weighted by Gasteiger charge is -2.42. The topological polar surface area (TPSA) is 138 Å². The number of aryl methyl sites for hydroxylation is 1. The van der Waals surface area contributed by atoms with Gasteiger partial charge in [0.1, 0.15) is 11.7 Å². The molecule has 206 valence electrons. The number of aromatic nitrogens is 2. The van der Waals surface area contributed by atoms with Crippen LogP contribution in [0.4, 0.5) is 17.2 Å². The van der Waals surface area contributed by atoms with Crippen LogP contribution in [0, 0.1) is 29.6 Å². The molecule has 0 amide bonds. The Balaban J connectivity index is 1.53. The maximum absolute atomic E-state index is 13.6. The van der Waals surface area contributed by atoms with Crippen molar-refractivity contribution in [3.05, 3.63) is 99.0 Å². The summed E-state index contributed by atoms with van der Waals surface area (Å²) in [5, 5.41) is 32.0. The van der Waals surface area contributed by atoms with Crippen LogP contribution < -0.4 is 20.7 Å². The summed E-state index contributed by atoms with van der Waals surface area (Å²) in [5.41, 5.74) is 3.65. The van der Waals surface area contributed by atoms with Crippen LogP contribution in [0.1, 0.15) is 52.5 Å². The van der Waals surface area contributed by atoms with Crippen LogP contribution in [-0.4, -0.2) is 46.1 Å². The molecule has 2 atom stereocenters. The summed E-state index contributed by atoms with van der Waals surface area (Å²) in [6, 6.07) is 19.9. The Morgan fingerprint density at radius 3 is 2.51 bits per heavy atom. The SMILES string of the molecule is Cc1cc([C@@H](C)Nc2ccccc2C(=O)O)c2nc(N3CCN(c4ccc(C#N)cc4)[C@@H](C)C3)c(C#N)c(=O)n2c1. The molecule has 41 heavy (non-hydrogen) atoms. The molecule has 4 aromatic rings. The van der Waals surface area contributed by atoms with E-state index in [1.807, 2.05) is 36.9 Å². The zero-order chi connectivity index (χ0) is 29.3. The molecule has 3 heterocycles. The van der Waals surface area contributed by atoms with Crippen LogP contribution in [0.2, 0.25) is 0 Å². The predicted octanol–water partition coefficient (Wildman–Crippen LogP) is 4.33. The molecule has 10 heteroatoms. The number of carboxylic acids is 1. The highest BCUT2D eigenvalue weighted by Gasteiger charge is 2.29. The van der Waals surface area contributed by atoms with Gasteiger partial charge in [0, 0.05) is 48.8 Å². The van der Waals surface area contributed by atoms with Crippen LogP contribution in [0.5, 0.6) is 0 Å². The van der Waals surface area contributed by atoms with Crippen LogP contribution >= 0.6 is 0 Å². The van der Waals surface area contributed by atoms with E-state index in [0.29, 0.717) is 47.9 Å². The van der Waals surface area contributed by atoms with E-state index in [9.17, 15) is 20.0 Å². The lowest BCUT2D eigenvalue weighted by Crippen LogP contribution is -2.53. The molecule has 2 aromatic carbocycles. The lowest BCUT2D eigenvalue weighted by atomic mass is 10.1. The minimum absolute atomic E-state index is 0.0186. The molecular formula is C31H29N7O3. The first-order chi connectivity index (χ1) is 19.7. The quantitative estimate of drug-likeness (QED) is 0.361. The van der Waals surface area contributed by atoms with Gasteiger partial charge in [-0.25, -0.2) is 9.78 Å². The lowest BCUT2D eigenvalue weighted by molar-refractivity contribution is 0.0698. The summed E-state index contributed by atoms with van der Waals surface area (Å²) >= 11 is 0. The second kappa shape index (κ2) is 11.0. The van der Waals surface area contributed by atoms with Crippen LogP contribution in [0.3, 0.4) is 0 Å². The van der Waals surface area contributed by atoms with Gasteiger partial charge in [-0.1, -0.05) is 12.1 Å². The molecule has 0 radical (unpaired) electrons. The monoisotopic (exact) mass is 547 g/mol. The summed E-state index contributed by atoms with van der Waals surface area (Å²) in [6.45, 7) is 7.54. The highest BCUT2D eigenvalue weighted by molar-refractivity contribution is 5.94. The largest absolute Gasteiger partial charge is 0.478 e. The van der Waals surface area contributed by atoms with Gasteiger partial charge in [-0.2, -0.15) is 10.5 Å². The number of aromatic carboxylic acids is 1. The van der Waals surface area contributed by atoms with Crippen molar-refractivity contribution in [3.63, 3.8) is 0 Å². The molecule has 2 aromatic heterocycles. The number of para-hydroxylation sites is 1. The fourth-order valence-electron chi connectivity index (χ4n) is 5.41. The van der Waals surface area contributed by atoms with E-state index in [1.165, 1.54) is 10.5 Å². The summed E-state index contributed by atoms with van der Waals surface area (Å²) in [5.74, 6) is -0.703. The Morgan fingerprint density at radius 1 is 1.12 bits per heavy atom. The van der Waals surface area contributed by atoms with E-state index < -0.39 is 17.6 Å². The number of anilines is 3. The van der Waals surface area contributed by atoms with Crippen molar-refractivity contribution in [2.45, 2.75) is 32.9 Å². The molecule has 1 aliphatic heterocycles. The fourth-order valence-corrected chi connectivity index (χ4v) is 5.41. The Labute approximate surface area is 237 Å². The predicted molar refractivity (Wildman–Crippen MR) is 157 cm³/mol. The van der Waals surface area contributed by atoms with E-state index in [4.69, 9.17) is 10.2 Å². The van der Waals surface area contributed by atoms with Crippen molar-refractivity contribution in [3.8, 4) is 12.1 Å². The molecule has 0 bridgehead atoms. The molecule has 0 spiro atoms. The van der Waals surface area contributed by atoms with Crippen molar-refractivity contribution in [1.82, 2.24) is 9.38 Å². The van der Waals surface area contributed by atoms with Crippen LogP contribution in [-0.2, 0) is 0 Å². The van der Waals surface area contributed by atoms with Crippen molar-refractivity contribution >= 4 is 28.8 Å². The fraction of sp³-hybridized carbons (Fsp3) is 0.258. The maximum Gasteiger partial charge on any atom is 0.337 e. The summed E-state index contributed by atoms with van der Waals surface area (Å²) in [4.78, 5) is 34.5. The number of fused-ring (bicyclic) bond motifs is 1. The average Bonchev–Trinajstić information content (AvgIpc) is 2.97. The third-order valence-corrected chi connectivity index (χ3v) is 7.43. The number of nitrogens with one attached hydrogen (secondary N) is 1. The minimum atomic E-state index is -1.04. The Hall–Kier alpha value is -5.35. The van der Waals surface area contributed by atoms with Gasteiger partial charge in [0.25, 0.3) is 5.56 Å². The van der Waals surface area contributed by atoms with Gasteiger partial charge in [0.15, 0.2) is 11.4 Å². The standard InChI is InChI=1S/C31H29N7O3/c1-19-14-25(21(3)34-27-7-5-4-6-24(27)31(40)41)29-35-28(26(16-33)30(39)38(29)17-19)36-12-13-37(20(2)18-36)23-10-8-22(15-32)9-11-23/h4-11,14,17,20-21,34H,12-13,18H2,1-3H3,(H,40,41)/t20-,21+/m0/s1. The molecular weight excluding hydrogens is 518 g/mol. The second-order valence-electron chi connectivity index (χ2n) is 10.3. The van der Waals surface area contributed by atoms with Crippen molar-refractivity contribution in [1.29, 1.82) is 10.5 Å². The highest BCUT2D eigenvalue weighted by atomic mass is 16.4. The molecule has 0 saturated carbocycles. The zero-order valence-electron chi connectivity index (χ0n) is 23.0. The number of hydrogen-bond acceptors (Lipinski definition) is 8. The first-order valence-electron chi connectivity index (χ1n) is 13.3. The van der Waals surface area contributed by atoms with Gasteiger partial charge in [0.05, 0.1) is 23.2 Å². The number of hydrogen-bond donors (Lipinski definition) is 2. The number of carbonyl (C=O) groups is 1. The smallest absolute Gasteiger partial charge is 0.337 e. The normalized spacial score (nSPS) is 15.7. The Bertz CT molecular complexity index is 1780. The third-order valence-electron chi connectivity index (χ3n) is 7.43. The highest BCUT2D eigenvalue weighted by Crippen LogP contribution is 2.29. The molecule has 10 nitrogen and oxygen atoms in total. The van der Waals surface area contributed by atoms with Crippen molar-refractivity contribution in [2.24, 2.45) is 0 Å². The summed E-state index contributed by atoms with van der Waals surface area (Å²) in [6.07, 6.45) is 1.67. The van der Waals surface area contributed by atoms with Crippen molar-refractivity contribution in [2.75, 3.05) is 34.8 Å². The second-order valence-corrected chi connectivity index (χ2v) is 10.3. The molecule has 5 rings (SSSR count). The third kappa shape index (κ3) is 5.15. The number of nitrogens with zero attached hydrogens (tertiary/aromatic N) is 6. The van der Waals surface area contributed by atoms with Gasteiger partial charge in [-0.3, -0.25) is 9.20 Å². The van der Waals surface area contributed by atoms with E-state index in [-0.39, 0.29) is 17.2 Å². The minimum Gasteiger partial charge on any atom is -0.478 e. The average molecular weight is 548 g/mol. The molecule has 0 unspecified atom stereocenters. The molecule has 2 N–H and O–H groups in total. The number of piperazine rings is 1. The van der Waals surface area contributed by atoms with E-state index in [2.05, 4.69) is 29.3 Å². The van der Waals surface area contributed by atoms with Gasteiger partial charge >= 0.3 is 5.97 Å². The molecule has 1 fully saturated rings. The van der Waals surface area contributed by atoms with Crippen LogP contribution in [0.15, 0.2) is 65.6 Å². The molecule has 1 saturated heterocycles. The maximum atomic E-state index is 13.6. The van der Waals surface area contributed by atoms with E-state index in [1.54, 1.807) is 36.5 Å². The summed E-state index contributed by atoms with van der Waals surface area (Å²) < 4.78 is 1.41. The van der Waals surface area contributed by atoms with Gasteiger partial charge in [-0.15, -0.1) is 0 Å². The first kappa shape index (κ1) is 27.2. The number of carboxylic acid groups (broad SMARTS) is 1. The Kier molecular flexibility index (Phi) is 7.32. The first-order valence-corrected chi connectivity index (χ1v) is 13.3. The summed E-state index contributed by atoms with van der Waals surface area (Å²) in [7, 11) is 0. The van der Waals surface area contributed by atoms with E-state index in [0.717, 1.165) is 11.3 Å². The number of benzene rings is 2. The van der Waals surface area contributed by atoms with E-state index >= 15 is 0 Å².